The van der Waals surface area contributed by atoms with E-state index < -0.39 is 7.60 Å². The fraction of sp³-hybridized carbons (Fsp3) is 0.625. The third kappa shape index (κ3) is 2.96. The fourth-order valence-electron chi connectivity index (χ4n) is 0.668. The van der Waals surface area contributed by atoms with Crippen molar-refractivity contribution >= 4 is 7.60 Å². The highest BCUT2D eigenvalue weighted by Gasteiger charge is 2.25. The summed E-state index contributed by atoms with van der Waals surface area (Å²) >= 11 is 0. The van der Waals surface area contributed by atoms with Gasteiger partial charge in [0.15, 0.2) is 0 Å². The van der Waals surface area contributed by atoms with Crippen LogP contribution in [0.2, 0.25) is 0 Å². The van der Waals surface area contributed by atoms with Gasteiger partial charge in [0.2, 0.25) is 0 Å². The maximum atomic E-state index is 11.8. The van der Waals surface area contributed by atoms with E-state index in [1.54, 1.807) is 20.8 Å². The van der Waals surface area contributed by atoms with Crippen LogP contribution in [0.3, 0.4) is 0 Å². The molecule has 0 aromatic rings. The van der Waals surface area contributed by atoms with Crippen LogP contribution >= 0.6 is 7.60 Å². The van der Waals surface area contributed by atoms with Crippen molar-refractivity contribution in [3.8, 4) is 0 Å². The lowest BCUT2D eigenvalue weighted by molar-refractivity contribution is 0.226. The Bertz CT molecular complexity index is 218. The Morgan fingerprint density at radius 2 is 1.83 bits per heavy atom. The molecule has 0 bridgehead atoms. The van der Waals surface area contributed by atoms with E-state index in [2.05, 4.69) is 12.3 Å². The summed E-state index contributed by atoms with van der Waals surface area (Å²) in [5.74, 6) is 0. The molecule has 0 saturated heterocycles. The van der Waals surface area contributed by atoms with Crippen LogP contribution in [0.5, 0.6) is 0 Å². The molecule has 70 valence electrons. The first-order chi connectivity index (χ1) is 5.60. The fourth-order valence-corrected chi connectivity index (χ4v) is 2.00. The second-order valence-corrected chi connectivity index (χ2v) is 4.28. The molecular formula is C8H15O3P. The molecule has 0 N–H and O–H groups in total. The molecule has 0 amide bonds. The maximum Gasteiger partial charge on any atom is 0.364 e. The zero-order valence-electron chi connectivity index (χ0n) is 7.79. The van der Waals surface area contributed by atoms with Crippen LogP contribution in [0.4, 0.5) is 0 Å². The van der Waals surface area contributed by atoms with Crippen molar-refractivity contribution in [3.63, 3.8) is 0 Å². The Balaban J connectivity index is 4.62. The van der Waals surface area contributed by atoms with Crippen molar-refractivity contribution in [1.82, 2.24) is 0 Å². The van der Waals surface area contributed by atoms with Gasteiger partial charge in [-0.1, -0.05) is 6.58 Å². The van der Waals surface area contributed by atoms with Gasteiger partial charge in [-0.2, -0.15) is 0 Å². The molecule has 0 radical (unpaired) electrons. The summed E-state index contributed by atoms with van der Waals surface area (Å²) in [5.41, 5.74) is 2.53. The largest absolute Gasteiger partial charge is 0.364 e. The standard InChI is InChI=1S/C8H15O3P/c1-5-8(4)12(9,10-6-2)11-7-3/h1,6-7H2,2-4H3. The van der Waals surface area contributed by atoms with E-state index in [4.69, 9.17) is 9.05 Å². The van der Waals surface area contributed by atoms with Crippen molar-refractivity contribution in [3.05, 3.63) is 17.6 Å². The van der Waals surface area contributed by atoms with Crippen LogP contribution in [-0.2, 0) is 13.6 Å². The minimum absolute atomic E-state index is 0.357. The van der Waals surface area contributed by atoms with Crippen molar-refractivity contribution in [2.75, 3.05) is 13.2 Å². The lowest BCUT2D eigenvalue weighted by Crippen LogP contribution is -1.95. The van der Waals surface area contributed by atoms with Crippen LogP contribution < -0.4 is 0 Å². The Labute approximate surface area is 73.6 Å². The first-order valence-corrected chi connectivity index (χ1v) is 5.41. The zero-order chi connectivity index (χ0) is 9.61. The monoisotopic (exact) mass is 190 g/mol. The SMILES string of the molecule is C=C=C(C)P(=O)(OCC)OCC. The molecule has 0 aliphatic carbocycles. The molecular weight excluding hydrogens is 175 g/mol. The Hall–Kier alpha value is -0.330. The molecule has 0 spiro atoms. The second kappa shape index (κ2) is 5.34. The van der Waals surface area contributed by atoms with E-state index in [9.17, 15) is 4.57 Å². The lowest BCUT2D eigenvalue weighted by Gasteiger charge is -2.15. The smallest absolute Gasteiger partial charge is 0.305 e. The van der Waals surface area contributed by atoms with Gasteiger partial charge in [-0.3, -0.25) is 4.57 Å². The third-order valence-electron chi connectivity index (χ3n) is 1.26. The molecule has 0 unspecified atom stereocenters. The maximum absolute atomic E-state index is 11.8. The summed E-state index contributed by atoms with van der Waals surface area (Å²) in [6.07, 6.45) is 0. The van der Waals surface area contributed by atoms with Gasteiger partial charge in [0.25, 0.3) is 0 Å². The second-order valence-electron chi connectivity index (χ2n) is 2.10. The van der Waals surface area contributed by atoms with Crippen molar-refractivity contribution in [1.29, 1.82) is 0 Å². The van der Waals surface area contributed by atoms with Crippen molar-refractivity contribution < 1.29 is 13.6 Å². The Morgan fingerprint density at radius 3 is 2.08 bits per heavy atom. The molecule has 0 aromatic heterocycles. The summed E-state index contributed by atoms with van der Waals surface area (Å²) < 4.78 is 21.8. The number of rotatable bonds is 5. The number of allylic oxidation sites excluding steroid dienone is 1. The Morgan fingerprint density at radius 1 is 1.42 bits per heavy atom. The minimum Gasteiger partial charge on any atom is -0.305 e. The molecule has 0 heterocycles. The molecule has 0 rings (SSSR count). The predicted octanol–water partition coefficient (Wildman–Crippen LogP) is 2.94. The van der Waals surface area contributed by atoms with E-state index >= 15 is 0 Å². The molecule has 3 nitrogen and oxygen atoms in total. The van der Waals surface area contributed by atoms with Crippen molar-refractivity contribution in [2.45, 2.75) is 20.8 Å². The van der Waals surface area contributed by atoms with Crippen LogP contribution in [0, 0.1) is 0 Å². The normalized spacial score (nSPS) is 10.9. The van der Waals surface area contributed by atoms with Crippen LogP contribution in [0.25, 0.3) is 0 Å². The molecule has 0 atom stereocenters. The molecule has 0 aliphatic rings. The summed E-state index contributed by atoms with van der Waals surface area (Å²) in [6, 6.07) is 0. The predicted molar refractivity (Wildman–Crippen MR) is 49.2 cm³/mol. The summed E-state index contributed by atoms with van der Waals surface area (Å²) in [5, 5.41) is 0.436. The third-order valence-corrected chi connectivity index (χ3v) is 3.44. The molecule has 0 aromatic carbocycles. The van der Waals surface area contributed by atoms with Crippen LogP contribution in [-0.4, -0.2) is 13.2 Å². The highest BCUT2D eigenvalue weighted by atomic mass is 31.2. The summed E-state index contributed by atoms with van der Waals surface area (Å²) in [4.78, 5) is 0. The zero-order valence-corrected chi connectivity index (χ0v) is 8.69. The van der Waals surface area contributed by atoms with Crippen molar-refractivity contribution in [2.24, 2.45) is 0 Å². The van der Waals surface area contributed by atoms with Gasteiger partial charge in [0.1, 0.15) is 0 Å². The highest BCUT2D eigenvalue weighted by molar-refractivity contribution is 7.58. The Kier molecular flexibility index (Phi) is 5.19. The van der Waals surface area contributed by atoms with E-state index in [0.29, 0.717) is 18.5 Å². The first kappa shape index (κ1) is 11.7. The summed E-state index contributed by atoms with van der Waals surface area (Å²) in [6.45, 7) is 9.28. The van der Waals surface area contributed by atoms with Gasteiger partial charge in [0.05, 0.1) is 18.5 Å². The molecule has 0 fully saturated rings. The lowest BCUT2D eigenvalue weighted by atomic mass is 10.7. The van der Waals surface area contributed by atoms with E-state index in [-0.39, 0.29) is 0 Å². The highest BCUT2D eigenvalue weighted by Crippen LogP contribution is 2.55. The number of hydrogen-bond donors (Lipinski definition) is 0. The first-order valence-electron chi connectivity index (χ1n) is 3.87. The average Bonchev–Trinajstić information content (AvgIpc) is 2.04. The van der Waals surface area contributed by atoms with Gasteiger partial charge >= 0.3 is 7.60 Å². The molecule has 0 saturated carbocycles. The summed E-state index contributed by atoms with van der Waals surface area (Å²) in [7, 11) is -3.07. The van der Waals surface area contributed by atoms with Crippen LogP contribution in [0.15, 0.2) is 17.6 Å². The van der Waals surface area contributed by atoms with E-state index in [1.807, 2.05) is 0 Å². The van der Waals surface area contributed by atoms with E-state index in [0.717, 1.165) is 0 Å². The van der Waals surface area contributed by atoms with Crippen LogP contribution in [0.1, 0.15) is 20.8 Å². The quantitative estimate of drug-likeness (QED) is 0.494. The average molecular weight is 190 g/mol. The number of hydrogen-bond acceptors (Lipinski definition) is 3. The van der Waals surface area contributed by atoms with Gasteiger partial charge in [-0.25, -0.2) is 0 Å². The minimum atomic E-state index is -3.07. The molecule has 0 aliphatic heterocycles. The molecule has 4 heteroatoms. The molecule has 12 heavy (non-hydrogen) atoms. The van der Waals surface area contributed by atoms with Gasteiger partial charge in [-0.15, -0.1) is 5.73 Å². The topological polar surface area (TPSA) is 35.5 Å². The van der Waals surface area contributed by atoms with Gasteiger partial charge in [0, 0.05) is 0 Å². The van der Waals surface area contributed by atoms with Gasteiger partial charge in [-0.05, 0) is 20.8 Å². The van der Waals surface area contributed by atoms with E-state index in [1.165, 1.54) is 0 Å². The van der Waals surface area contributed by atoms with Gasteiger partial charge < -0.3 is 9.05 Å².